The summed E-state index contributed by atoms with van der Waals surface area (Å²) in [5.41, 5.74) is 1.22. The lowest BCUT2D eigenvalue weighted by Gasteiger charge is -2.33. The van der Waals surface area contributed by atoms with Crippen LogP contribution in [0.4, 0.5) is 5.82 Å². The number of aliphatic hydroxyl groups is 1. The molecular formula is C17H26N6O. The molecule has 1 saturated heterocycles. The molecule has 7 nitrogen and oxygen atoms in total. The zero-order valence-corrected chi connectivity index (χ0v) is 14.7. The summed E-state index contributed by atoms with van der Waals surface area (Å²) in [6.45, 7) is 6.06. The highest BCUT2D eigenvalue weighted by Gasteiger charge is 2.24. The van der Waals surface area contributed by atoms with Gasteiger partial charge in [-0.2, -0.15) is 0 Å². The summed E-state index contributed by atoms with van der Waals surface area (Å²) < 4.78 is 1.91. The lowest BCUT2D eigenvalue weighted by Crippen LogP contribution is -2.36. The molecule has 7 heteroatoms. The number of hydrogen-bond donors (Lipinski definition) is 1. The predicted octanol–water partition coefficient (Wildman–Crippen LogP) is 1.43. The van der Waals surface area contributed by atoms with Gasteiger partial charge in [0.15, 0.2) is 5.82 Å². The number of aliphatic hydroxyl groups excluding tert-OH is 1. The second-order valence-corrected chi connectivity index (χ2v) is 6.50. The maximum atomic E-state index is 9.23. The van der Waals surface area contributed by atoms with Gasteiger partial charge >= 0.3 is 0 Å². The summed E-state index contributed by atoms with van der Waals surface area (Å²) in [4.78, 5) is 11.4. The van der Waals surface area contributed by atoms with Crippen LogP contribution in [-0.4, -0.2) is 42.9 Å². The Labute approximate surface area is 142 Å². The maximum absolute atomic E-state index is 9.23. The van der Waals surface area contributed by atoms with Crippen LogP contribution < -0.4 is 4.90 Å². The van der Waals surface area contributed by atoms with Crippen molar-refractivity contribution in [3.8, 4) is 0 Å². The van der Waals surface area contributed by atoms with Crippen molar-refractivity contribution in [2.45, 2.75) is 46.1 Å². The Hall–Kier alpha value is -2.02. The van der Waals surface area contributed by atoms with Crippen molar-refractivity contribution >= 4 is 5.82 Å². The van der Waals surface area contributed by atoms with E-state index in [0.717, 1.165) is 56.2 Å². The van der Waals surface area contributed by atoms with E-state index < -0.39 is 0 Å². The Balaban J connectivity index is 1.63. The molecule has 3 rings (SSSR count). The first kappa shape index (κ1) is 16.8. The van der Waals surface area contributed by atoms with Gasteiger partial charge in [-0.25, -0.2) is 9.97 Å². The number of rotatable bonds is 5. The molecule has 0 aliphatic carbocycles. The molecule has 1 aliphatic heterocycles. The van der Waals surface area contributed by atoms with Gasteiger partial charge in [-0.3, -0.25) is 0 Å². The van der Waals surface area contributed by atoms with Crippen LogP contribution in [-0.2, 0) is 26.5 Å². The minimum absolute atomic E-state index is 0.0607. The second-order valence-electron chi connectivity index (χ2n) is 6.50. The first-order valence-electron chi connectivity index (χ1n) is 8.67. The van der Waals surface area contributed by atoms with Crippen molar-refractivity contribution in [3.63, 3.8) is 0 Å². The van der Waals surface area contributed by atoms with Crippen LogP contribution in [0.2, 0.25) is 0 Å². The summed E-state index contributed by atoms with van der Waals surface area (Å²) in [5.74, 6) is 4.13. The third-order valence-corrected chi connectivity index (χ3v) is 4.92. The van der Waals surface area contributed by atoms with Crippen molar-refractivity contribution in [2.24, 2.45) is 13.0 Å². The summed E-state index contributed by atoms with van der Waals surface area (Å²) in [6, 6.07) is 0. The molecule has 0 atom stereocenters. The van der Waals surface area contributed by atoms with Crippen LogP contribution in [0.15, 0.2) is 6.20 Å². The van der Waals surface area contributed by atoms with Gasteiger partial charge in [0.25, 0.3) is 0 Å². The molecule has 24 heavy (non-hydrogen) atoms. The van der Waals surface area contributed by atoms with Crippen molar-refractivity contribution in [1.29, 1.82) is 0 Å². The Morgan fingerprint density at radius 3 is 2.54 bits per heavy atom. The van der Waals surface area contributed by atoms with Gasteiger partial charge in [-0.15, -0.1) is 10.2 Å². The third-order valence-electron chi connectivity index (χ3n) is 4.92. The van der Waals surface area contributed by atoms with Crippen molar-refractivity contribution in [2.75, 3.05) is 18.0 Å². The summed E-state index contributed by atoms with van der Waals surface area (Å²) in [7, 11) is 1.92. The van der Waals surface area contributed by atoms with Crippen LogP contribution in [0, 0.1) is 12.8 Å². The van der Waals surface area contributed by atoms with Crippen LogP contribution in [0.3, 0.4) is 0 Å². The third kappa shape index (κ3) is 3.40. The van der Waals surface area contributed by atoms with E-state index in [2.05, 4.69) is 32.0 Å². The largest absolute Gasteiger partial charge is 0.388 e. The number of anilines is 1. The van der Waals surface area contributed by atoms with E-state index >= 15 is 0 Å². The smallest absolute Gasteiger partial charge is 0.158 e. The van der Waals surface area contributed by atoms with E-state index in [0.29, 0.717) is 11.7 Å². The Kier molecular flexibility index (Phi) is 5.08. The summed E-state index contributed by atoms with van der Waals surface area (Å²) in [5, 5.41) is 17.5. The average molecular weight is 330 g/mol. The first-order chi connectivity index (χ1) is 11.6. The summed E-state index contributed by atoms with van der Waals surface area (Å²) >= 11 is 0. The summed E-state index contributed by atoms with van der Waals surface area (Å²) in [6.07, 6.45) is 6.07. The van der Waals surface area contributed by atoms with Crippen LogP contribution in [0.1, 0.15) is 42.8 Å². The fourth-order valence-electron chi connectivity index (χ4n) is 3.33. The minimum Gasteiger partial charge on any atom is -0.388 e. The molecule has 0 amide bonds. The number of hydrogen-bond acceptors (Lipinski definition) is 6. The number of aryl methyl sites for hydroxylation is 2. The lowest BCUT2D eigenvalue weighted by atomic mass is 9.93. The number of aromatic nitrogens is 5. The Morgan fingerprint density at radius 1 is 1.21 bits per heavy atom. The fraction of sp³-hybridized carbons (Fsp3) is 0.647. The highest BCUT2D eigenvalue weighted by Crippen LogP contribution is 2.26. The predicted molar refractivity (Wildman–Crippen MR) is 91.7 cm³/mol. The van der Waals surface area contributed by atoms with Gasteiger partial charge in [0.1, 0.15) is 24.1 Å². The van der Waals surface area contributed by atoms with Crippen LogP contribution >= 0.6 is 0 Å². The van der Waals surface area contributed by atoms with Gasteiger partial charge < -0.3 is 14.6 Å². The highest BCUT2D eigenvalue weighted by atomic mass is 16.3. The van der Waals surface area contributed by atoms with E-state index in [1.165, 1.54) is 5.56 Å². The zero-order valence-electron chi connectivity index (χ0n) is 14.7. The molecule has 3 heterocycles. The SMILES string of the molecule is CCc1cnc(C)nc1N1CCC(Cc2nnc(CO)n2C)CC1. The van der Waals surface area contributed by atoms with Gasteiger partial charge in [0.2, 0.25) is 0 Å². The molecule has 0 spiro atoms. The Morgan fingerprint density at radius 2 is 1.92 bits per heavy atom. The van der Waals surface area contributed by atoms with Crippen molar-refractivity contribution in [3.05, 3.63) is 29.2 Å². The van der Waals surface area contributed by atoms with Crippen LogP contribution in [0.5, 0.6) is 0 Å². The van der Waals surface area contributed by atoms with Crippen LogP contribution in [0.25, 0.3) is 0 Å². The highest BCUT2D eigenvalue weighted by molar-refractivity contribution is 5.46. The molecule has 1 aliphatic rings. The fourth-order valence-corrected chi connectivity index (χ4v) is 3.33. The molecule has 0 saturated carbocycles. The molecule has 0 unspecified atom stereocenters. The van der Waals surface area contributed by atoms with Crippen molar-refractivity contribution in [1.82, 2.24) is 24.7 Å². The average Bonchev–Trinajstić information content (AvgIpc) is 2.95. The lowest BCUT2D eigenvalue weighted by molar-refractivity contribution is 0.266. The quantitative estimate of drug-likeness (QED) is 0.893. The maximum Gasteiger partial charge on any atom is 0.158 e. The molecule has 1 N–H and O–H groups in total. The molecule has 0 aromatic carbocycles. The molecular weight excluding hydrogens is 304 g/mol. The second kappa shape index (κ2) is 7.25. The topological polar surface area (TPSA) is 80.0 Å². The molecule has 2 aromatic rings. The van der Waals surface area contributed by atoms with E-state index in [1.807, 2.05) is 24.7 Å². The molecule has 1 fully saturated rings. The molecule has 0 radical (unpaired) electrons. The minimum atomic E-state index is -0.0607. The van der Waals surface area contributed by atoms with Gasteiger partial charge in [-0.1, -0.05) is 6.92 Å². The van der Waals surface area contributed by atoms with Crippen molar-refractivity contribution < 1.29 is 5.11 Å². The van der Waals surface area contributed by atoms with Gasteiger partial charge in [0, 0.05) is 38.3 Å². The molecule has 2 aromatic heterocycles. The standard InChI is InChI=1S/C17H26N6O/c1-4-14-10-18-12(2)19-17(14)23-7-5-13(6-8-23)9-15-20-21-16(11-24)22(15)3/h10,13,24H,4-9,11H2,1-3H3. The monoisotopic (exact) mass is 330 g/mol. The number of nitrogens with zero attached hydrogens (tertiary/aromatic N) is 6. The van der Waals surface area contributed by atoms with E-state index in [9.17, 15) is 5.11 Å². The first-order valence-corrected chi connectivity index (χ1v) is 8.67. The normalized spacial score (nSPS) is 15.9. The molecule has 130 valence electrons. The zero-order chi connectivity index (χ0) is 17.1. The van der Waals surface area contributed by atoms with Gasteiger partial charge in [-0.05, 0) is 32.1 Å². The number of piperidine rings is 1. The van der Waals surface area contributed by atoms with Gasteiger partial charge in [0.05, 0.1) is 0 Å². The molecule has 0 bridgehead atoms. The van der Waals surface area contributed by atoms with E-state index in [4.69, 9.17) is 0 Å². The van der Waals surface area contributed by atoms with E-state index in [-0.39, 0.29) is 6.61 Å². The Bertz CT molecular complexity index is 690. The van der Waals surface area contributed by atoms with E-state index in [1.54, 1.807) is 0 Å².